The fourth-order valence-corrected chi connectivity index (χ4v) is 2.63. The molecule has 2 aromatic rings. The Morgan fingerprint density at radius 1 is 1.40 bits per heavy atom. The number of hydrogen-bond acceptors (Lipinski definition) is 5. The molecule has 0 saturated carbocycles. The van der Waals surface area contributed by atoms with Gasteiger partial charge in [0.2, 0.25) is 0 Å². The monoisotopic (exact) mass is 292 g/mol. The Bertz CT molecular complexity index is 557. The third-order valence-corrected chi connectivity index (χ3v) is 3.63. The molecule has 0 spiro atoms. The second kappa shape index (κ2) is 7.14. The number of aromatic nitrogens is 1. The van der Waals surface area contributed by atoms with E-state index in [1.807, 2.05) is 30.3 Å². The number of benzene rings is 1. The van der Waals surface area contributed by atoms with Crippen molar-refractivity contribution in [2.24, 2.45) is 0 Å². The molecule has 0 aliphatic rings. The number of thiazole rings is 1. The van der Waals surface area contributed by atoms with Crippen LogP contribution in [0.5, 0.6) is 0 Å². The van der Waals surface area contributed by atoms with Gasteiger partial charge in [-0.15, -0.1) is 11.3 Å². The van der Waals surface area contributed by atoms with Gasteiger partial charge in [0.15, 0.2) is 0 Å². The van der Waals surface area contributed by atoms with Crippen molar-refractivity contribution in [1.29, 1.82) is 0 Å². The lowest BCUT2D eigenvalue weighted by Crippen LogP contribution is -2.33. The number of methoxy groups -OCH3 is 1. The first kappa shape index (κ1) is 14.6. The van der Waals surface area contributed by atoms with E-state index in [2.05, 4.69) is 4.98 Å². The molecule has 0 bridgehead atoms. The van der Waals surface area contributed by atoms with Gasteiger partial charge in [0, 0.05) is 19.3 Å². The van der Waals surface area contributed by atoms with Crippen LogP contribution < -0.4 is 4.90 Å². The quantitative estimate of drug-likeness (QED) is 0.883. The maximum absolute atomic E-state index is 12.5. The minimum absolute atomic E-state index is 0.0929. The fraction of sp³-hybridized carbons (Fsp3) is 0.286. The predicted octanol–water partition coefficient (Wildman–Crippen LogP) is 1.93. The number of para-hydroxylation sites is 1. The summed E-state index contributed by atoms with van der Waals surface area (Å²) in [5.74, 6) is -0.162. The summed E-state index contributed by atoms with van der Waals surface area (Å²) in [5.41, 5.74) is 0.758. The molecular formula is C14H16N2O3S. The van der Waals surface area contributed by atoms with E-state index in [-0.39, 0.29) is 19.1 Å². The molecule has 20 heavy (non-hydrogen) atoms. The van der Waals surface area contributed by atoms with Gasteiger partial charge in [-0.25, -0.2) is 4.98 Å². The molecule has 0 aliphatic heterocycles. The van der Waals surface area contributed by atoms with Crippen molar-refractivity contribution >= 4 is 22.9 Å². The molecule has 1 N–H and O–H groups in total. The van der Waals surface area contributed by atoms with Crippen molar-refractivity contribution in [3.05, 3.63) is 46.4 Å². The van der Waals surface area contributed by atoms with Crippen LogP contribution in [0.25, 0.3) is 0 Å². The SMILES string of the molecule is COCc1ncc(C(=O)N(CCO)c2ccccc2)s1. The van der Waals surface area contributed by atoms with E-state index in [0.717, 1.165) is 10.7 Å². The zero-order valence-electron chi connectivity index (χ0n) is 11.2. The van der Waals surface area contributed by atoms with Crippen molar-refractivity contribution in [1.82, 2.24) is 4.98 Å². The summed E-state index contributed by atoms with van der Waals surface area (Å²) in [7, 11) is 1.59. The molecule has 0 aliphatic carbocycles. The molecule has 1 aromatic heterocycles. The van der Waals surface area contributed by atoms with E-state index in [4.69, 9.17) is 9.84 Å². The summed E-state index contributed by atoms with van der Waals surface area (Å²) >= 11 is 1.31. The molecule has 0 fully saturated rings. The summed E-state index contributed by atoms with van der Waals surface area (Å²) in [6.45, 7) is 0.550. The highest BCUT2D eigenvalue weighted by Crippen LogP contribution is 2.20. The molecular weight excluding hydrogens is 276 g/mol. The third kappa shape index (κ3) is 3.41. The molecule has 0 unspecified atom stereocenters. The van der Waals surface area contributed by atoms with E-state index < -0.39 is 0 Å². The molecule has 0 radical (unpaired) electrons. The number of anilines is 1. The molecule has 1 aromatic carbocycles. The highest BCUT2D eigenvalue weighted by Gasteiger charge is 2.19. The Morgan fingerprint density at radius 3 is 2.80 bits per heavy atom. The van der Waals surface area contributed by atoms with Gasteiger partial charge in [0.25, 0.3) is 5.91 Å². The van der Waals surface area contributed by atoms with Gasteiger partial charge < -0.3 is 14.7 Å². The van der Waals surface area contributed by atoms with Crippen molar-refractivity contribution in [3.8, 4) is 0 Å². The lowest BCUT2D eigenvalue weighted by Gasteiger charge is -2.20. The van der Waals surface area contributed by atoms with Crippen molar-refractivity contribution in [2.75, 3.05) is 25.2 Å². The van der Waals surface area contributed by atoms with Gasteiger partial charge in [0.05, 0.1) is 19.4 Å². The normalized spacial score (nSPS) is 10.5. The van der Waals surface area contributed by atoms with Gasteiger partial charge in [0.1, 0.15) is 9.88 Å². The molecule has 1 heterocycles. The minimum atomic E-state index is -0.162. The Kier molecular flexibility index (Phi) is 5.23. The second-order valence-corrected chi connectivity index (χ2v) is 5.18. The molecule has 1 amide bonds. The number of aliphatic hydroxyl groups excluding tert-OH is 1. The first-order chi connectivity index (χ1) is 9.76. The number of rotatable bonds is 6. The Hall–Kier alpha value is -1.76. The fourth-order valence-electron chi connectivity index (χ4n) is 1.79. The molecule has 6 heteroatoms. The van der Waals surface area contributed by atoms with E-state index in [9.17, 15) is 4.79 Å². The summed E-state index contributed by atoms with van der Waals surface area (Å²) in [6, 6.07) is 9.27. The number of aliphatic hydroxyl groups is 1. The van der Waals surface area contributed by atoms with Gasteiger partial charge in [-0.05, 0) is 12.1 Å². The minimum Gasteiger partial charge on any atom is -0.395 e. The number of carbonyl (C=O) groups excluding carboxylic acids is 1. The molecule has 0 atom stereocenters. The Morgan fingerprint density at radius 2 is 2.15 bits per heavy atom. The first-order valence-electron chi connectivity index (χ1n) is 6.17. The van der Waals surface area contributed by atoms with Gasteiger partial charge in [-0.2, -0.15) is 0 Å². The smallest absolute Gasteiger partial charge is 0.270 e. The number of ether oxygens (including phenoxy) is 1. The van der Waals surface area contributed by atoms with E-state index in [1.54, 1.807) is 18.2 Å². The zero-order chi connectivity index (χ0) is 14.4. The number of carbonyl (C=O) groups is 1. The summed E-state index contributed by atoms with van der Waals surface area (Å²) in [6.07, 6.45) is 1.55. The van der Waals surface area contributed by atoms with Gasteiger partial charge in [-0.3, -0.25) is 4.79 Å². The van der Waals surface area contributed by atoms with Gasteiger partial charge >= 0.3 is 0 Å². The van der Waals surface area contributed by atoms with E-state index in [0.29, 0.717) is 11.5 Å². The average Bonchev–Trinajstić information content (AvgIpc) is 2.94. The standard InChI is InChI=1S/C14H16N2O3S/c1-19-10-13-15-9-12(20-13)14(18)16(7-8-17)11-5-3-2-4-6-11/h2-6,9,17H,7-8,10H2,1H3. The third-order valence-electron chi connectivity index (χ3n) is 2.67. The molecule has 2 rings (SSSR count). The maximum atomic E-state index is 12.5. The largest absolute Gasteiger partial charge is 0.395 e. The van der Waals surface area contributed by atoms with E-state index >= 15 is 0 Å². The van der Waals surface area contributed by atoms with Crippen LogP contribution in [0.1, 0.15) is 14.7 Å². The van der Waals surface area contributed by atoms with Crippen LogP contribution in [-0.4, -0.2) is 36.3 Å². The lowest BCUT2D eigenvalue weighted by atomic mass is 10.2. The average molecular weight is 292 g/mol. The van der Waals surface area contributed by atoms with Crippen LogP contribution in [-0.2, 0) is 11.3 Å². The second-order valence-electron chi connectivity index (χ2n) is 4.07. The molecule has 0 saturated heterocycles. The number of nitrogens with zero attached hydrogens (tertiary/aromatic N) is 2. The summed E-state index contributed by atoms with van der Waals surface area (Å²) < 4.78 is 5.00. The van der Waals surface area contributed by atoms with Crippen molar-refractivity contribution < 1.29 is 14.6 Å². The highest BCUT2D eigenvalue weighted by molar-refractivity contribution is 7.13. The van der Waals surface area contributed by atoms with Crippen LogP contribution >= 0.6 is 11.3 Å². The first-order valence-corrected chi connectivity index (χ1v) is 6.99. The number of amides is 1. The topological polar surface area (TPSA) is 62.7 Å². The van der Waals surface area contributed by atoms with Crippen LogP contribution in [0.3, 0.4) is 0 Å². The van der Waals surface area contributed by atoms with Crippen LogP contribution in [0.2, 0.25) is 0 Å². The highest BCUT2D eigenvalue weighted by atomic mass is 32.1. The maximum Gasteiger partial charge on any atom is 0.270 e. The summed E-state index contributed by atoms with van der Waals surface area (Å²) in [5, 5.41) is 9.91. The van der Waals surface area contributed by atoms with Crippen molar-refractivity contribution in [3.63, 3.8) is 0 Å². The lowest BCUT2D eigenvalue weighted by molar-refractivity contribution is 0.0984. The summed E-state index contributed by atoms with van der Waals surface area (Å²) in [4.78, 5) is 18.7. The van der Waals surface area contributed by atoms with Gasteiger partial charge in [-0.1, -0.05) is 18.2 Å². The van der Waals surface area contributed by atoms with E-state index in [1.165, 1.54) is 11.3 Å². The van der Waals surface area contributed by atoms with Crippen LogP contribution in [0.15, 0.2) is 36.5 Å². The Labute approximate surface area is 121 Å². The molecule has 106 valence electrons. The molecule has 5 nitrogen and oxygen atoms in total. The Balaban J connectivity index is 2.22. The predicted molar refractivity (Wildman–Crippen MR) is 78.0 cm³/mol. The zero-order valence-corrected chi connectivity index (χ0v) is 12.0. The van der Waals surface area contributed by atoms with Crippen molar-refractivity contribution in [2.45, 2.75) is 6.61 Å². The van der Waals surface area contributed by atoms with Crippen LogP contribution in [0.4, 0.5) is 5.69 Å². The van der Waals surface area contributed by atoms with Crippen LogP contribution in [0, 0.1) is 0 Å². The number of hydrogen-bond donors (Lipinski definition) is 1.